The Balaban J connectivity index is 2.36. The van der Waals surface area contributed by atoms with E-state index in [0.29, 0.717) is 12.2 Å². The fraction of sp³-hybridized carbons (Fsp3) is 0.440. The number of rotatable bonds is 11. The zero-order chi connectivity index (χ0) is 24.6. The summed E-state index contributed by atoms with van der Waals surface area (Å²) in [6, 6.07) is 14.0. The van der Waals surface area contributed by atoms with E-state index >= 15 is 0 Å². The van der Waals surface area contributed by atoms with Gasteiger partial charge in [-0.1, -0.05) is 55.8 Å². The maximum absolute atomic E-state index is 13.5. The van der Waals surface area contributed by atoms with Crippen molar-refractivity contribution in [1.29, 1.82) is 0 Å². The molecule has 1 unspecified atom stereocenters. The second-order valence-corrected chi connectivity index (χ2v) is 10.2. The first-order valence-corrected chi connectivity index (χ1v) is 13.1. The Morgan fingerprint density at radius 3 is 2.30 bits per heavy atom. The Hall–Kier alpha value is -2.87. The van der Waals surface area contributed by atoms with Gasteiger partial charge < -0.3 is 10.2 Å². The molecule has 0 bridgehead atoms. The molecule has 2 rings (SSSR count). The number of anilines is 1. The van der Waals surface area contributed by atoms with E-state index in [2.05, 4.69) is 5.32 Å². The fourth-order valence-electron chi connectivity index (χ4n) is 3.50. The highest BCUT2D eigenvalue weighted by atomic mass is 32.2. The SMILES string of the molecule is CCCCNC(=O)C(C)N(Cc1ccccc1)C(=O)CN(c1cccc(C)c1C)S(C)(=O)=O. The number of sulfonamides is 1. The van der Waals surface area contributed by atoms with Gasteiger partial charge in [0.2, 0.25) is 21.8 Å². The van der Waals surface area contributed by atoms with E-state index in [-0.39, 0.29) is 19.0 Å². The second-order valence-electron chi connectivity index (χ2n) is 8.32. The van der Waals surface area contributed by atoms with Gasteiger partial charge in [0, 0.05) is 13.1 Å². The van der Waals surface area contributed by atoms with E-state index in [0.717, 1.165) is 40.1 Å². The van der Waals surface area contributed by atoms with Gasteiger partial charge in [-0.3, -0.25) is 13.9 Å². The summed E-state index contributed by atoms with van der Waals surface area (Å²) in [6.45, 7) is 7.78. The van der Waals surface area contributed by atoms with Crippen molar-refractivity contribution in [1.82, 2.24) is 10.2 Å². The molecule has 0 spiro atoms. The Bertz CT molecular complexity index is 1050. The molecule has 180 valence electrons. The minimum atomic E-state index is -3.74. The van der Waals surface area contributed by atoms with Crippen molar-refractivity contribution in [2.45, 2.75) is 53.1 Å². The molecule has 0 saturated carbocycles. The van der Waals surface area contributed by atoms with E-state index in [4.69, 9.17) is 0 Å². The van der Waals surface area contributed by atoms with E-state index < -0.39 is 22.0 Å². The Morgan fingerprint density at radius 1 is 1.03 bits per heavy atom. The van der Waals surface area contributed by atoms with Crippen LogP contribution in [0.4, 0.5) is 5.69 Å². The normalized spacial score (nSPS) is 12.2. The molecular formula is C25H35N3O4S. The lowest BCUT2D eigenvalue weighted by atomic mass is 10.1. The van der Waals surface area contributed by atoms with Gasteiger partial charge in [-0.2, -0.15) is 0 Å². The van der Waals surface area contributed by atoms with Gasteiger partial charge >= 0.3 is 0 Å². The predicted octanol–water partition coefficient (Wildman–Crippen LogP) is 3.40. The molecule has 2 amide bonds. The maximum atomic E-state index is 13.5. The number of carbonyl (C=O) groups is 2. The molecule has 0 heterocycles. The molecule has 0 aliphatic rings. The molecule has 0 fully saturated rings. The van der Waals surface area contributed by atoms with Gasteiger partial charge in [-0.15, -0.1) is 0 Å². The number of nitrogens with one attached hydrogen (secondary N) is 1. The number of hydrogen-bond donors (Lipinski definition) is 1. The molecule has 0 radical (unpaired) electrons. The summed E-state index contributed by atoms with van der Waals surface area (Å²) in [6.07, 6.45) is 2.88. The van der Waals surface area contributed by atoms with E-state index in [1.807, 2.05) is 57.2 Å². The predicted molar refractivity (Wildman–Crippen MR) is 132 cm³/mol. The van der Waals surface area contributed by atoms with Crippen LogP contribution >= 0.6 is 0 Å². The number of unbranched alkanes of at least 4 members (excludes halogenated alkanes) is 1. The lowest BCUT2D eigenvalue weighted by molar-refractivity contribution is -0.139. The van der Waals surface area contributed by atoms with Crippen LogP contribution in [0.2, 0.25) is 0 Å². The van der Waals surface area contributed by atoms with Gasteiger partial charge in [0.1, 0.15) is 12.6 Å². The van der Waals surface area contributed by atoms with Gasteiger partial charge in [-0.05, 0) is 49.9 Å². The third-order valence-electron chi connectivity index (χ3n) is 5.72. The summed E-state index contributed by atoms with van der Waals surface area (Å²) in [5.41, 5.74) is 3.04. The average molecular weight is 474 g/mol. The lowest BCUT2D eigenvalue weighted by Gasteiger charge is -2.32. The van der Waals surface area contributed by atoms with Crippen LogP contribution < -0.4 is 9.62 Å². The van der Waals surface area contributed by atoms with Crippen LogP contribution in [0.15, 0.2) is 48.5 Å². The molecule has 0 aromatic heterocycles. The molecule has 7 nitrogen and oxygen atoms in total. The second kappa shape index (κ2) is 11.8. The van der Waals surface area contributed by atoms with Crippen molar-refractivity contribution in [3.63, 3.8) is 0 Å². The standard InChI is InChI=1S/C25H35N3O4S/c1-6-7-16-26-25(30)21(4)27(17-22-13-9-8-10-14-22)24(29)18-28(33(5,31)32)23-15-11-12-19(2)20(23)3/h8-15,21H,6-7,16-18H2,1-5H3,(H,26,30). The molecule has 8 heteroatoms. The first-order valence-electron chi connectivity index (χ1n) is 11.2. The number of aryl methyl sites for hydroxylation is 1. The Morgan fingerprint density at radius 2 is 1.70 bits per heavy atom. The van der Waals surface area contributed by atoms with Crippen LogP contribution in [0.25, 0.3) is 0 Å². The largest absolute Gasteiger partial charge is 0.354 e. The number of amides is 2. The van der Waals surface area contributed by atoms with Crippen LogP contribution in [0, 0.1) is 13.8 Å². The quantitative estimate of drug-likeness (QED) is 0.507. The van der Waals surface area contributed by atoms with Crippen LogP contribution in [0.5, 0.6) is 0 Å². The Labute approximate surface area is 197 Å². The zero-order valence-electron chi connectivity index (χ0n) is 20.2. The maximum Gasteiger partial charge on any atom is 0.244 e. The summed E-state index contributed by atoms with van der Waals surface area (Å²) in [5.74, 6) is -0.700. The van der Waals surface area contributed by atoms with E-state index in [1.165, 1.54) is 4.90 Å². The molecule has 2 aromatic rings. The summed E-state index contributed by atoms with van der Waals surface area (Å²) in [7, 11) is -3.74. The summed E-state index contributed by atoms with van der Waals surface area (Å²) in [4.78, 5) is 27.7. The topological polar surface area (TPSA) is 86.8 Å². The van der Waals surface area contributed by atoms with Gasteiger partial charge in [0.15, 0.2) is 0 Å². The summed E-state index contributed by atoms with van der Waals surface area (Å²) >= 11 is 0. The number of nitrogens with zero attached hydrogens (tertiary/aromatic N) is 2. The molecule has 1 atom stereocenters. The zero-order valence-corrected chi connectivity index (χ0v) is 21.0. The van der Waals surface area contributed by atoms with Gasteiger partial charge in [0.25, 0.3) is 0 Å². The first-order chi connectivity index (χ1) is 15.6. The molecule has 0 aliphatic heterocycles. The van der Waals surface area contributed by atoms with Crippen LogP contribution in [0.3, 0.4) is 0 Å². The Kier molecular flexibility index (Phi) is 9.46. The number of hydrogen-bond acceptors (Lipinski definition) is 4. The molecule has 1 N–H and O–H groups in total. The van der Waals surface area contributed by atoms with Crippen molar-refractivity contribution in [3.05, 3.63) is 65.2 Å². The van der Waals surface area contributed by atoms with Crippen molar-refractivity contribution in [2.75, 3.05) is 23.7 Å². The highest BCUT2D eigenvalue weighted by Crippen LogP contribution is 2.25. The number of benzene rings is 2. The van der Waals surface area contributed by atoms with Crippen molar-refractivity contribution in [2.24, 2.45) is 0 Å². The van der Waals surface area contributed by atoms with E-state index in [9.17, 15) is 18.0 Å². The van der Waals surface area contributed by atoms with Crippen molar-refractivity contribution >= 4 is 27.5 Å². The highest BCUT2D eigenvalue weighted by Gasteiger charge is 2.30. The number of carbonyl (C=O) groups excluding carboxylic acids is 2. The minimum absolute atomic E-state index is 0.201. The van der Waals surface area contributed by atoms with Gasteiger partial charge in [-0.25, -0.2) is 8.42 Å². The monoisotopic (exact) mass is 473 g/mol. The molecule has 0 saturated heterocycles. The third-order valence-corrected chi connectivity index (χ3v) is 6.84. The summed E-state index contributed by atoms with van der Waals surface area (Å²) in [5, 5.41) is 2.87. The van der Waals surface area contributed by atoms with Crippen molar-refractivity contribution < 1.29 is 18.0 Å². The van der Waals surface area contributed by atoms with Crippen LogP contribution in [-0.2, 0) is 26.2 Å². The highest BCUT2D eigenvalue weighted by molar-refractivity contribution is 7.92. The molecule has 0 aliphatic carbocycles. The molecule has 2 aromatic carbocycles. The van der Waals surface area contributed by atoms with E-state index in [1.54, 1.807) is 19.1 Å². The smallest absolute Gasteiger partial charge is 0.244 e. The molecule has 33 heavy (non-hydrogen) atoms. The van der Waals surface area contributed by atoms with Crippen LogP contribution in [0.1, 0.15) is 43.4 Å². The van der Waals surface area contributed by atoms with Gasteiger partial charge in [0.05, 0.1) is 11.9 Å². The van der Waals surface area contributed by atoms with Crippen LogP contribution in [-0.4, -0.2) is 50.5 Å². The van der Waals surface area contributed by atoms with Crippen molar-refractivity contribution in [3.8, 4) is 0 Å². The molecular weight excluding hydrogens is 438 g/mol. The lowest BCUT2D eigenvalue weighted by Crippen LogP contribution is -2.51. The first kappa shape index (κ1) is 26.4. The third kappa shape index (κ3) is 7.32. The average Bonchev–Trinajstić information content (AvgIpc) is 2.77. The fourth-order valence-corrected chi connectivity index (χ4v) is 4.40. The minimum Gasteiger partial charge on any atom is -0.354 e. The summed E-state index contributed by atoms with van der Waals surface area (Å²) < 4.78 is 26.5.